The number of benzene rings is 1. The normalized spacial score (nSPS) is 15.2. The Balaban J connectivity index is 1.49. The van der Waals surface area contributed by atoms with Crippen molar-refractivity contribution in [1.29, 1.82) is 0 Å². The number of nitrogens with one attached hydrogen (secondary N) is 2. The van der Waals surface area contributed by atoms with E-state index in [4.69, 9.17) is 27.9 Å². The van der Waals surface area contributed by atoms with Gasteiger partial charge >= 0.3 is 18.1 Å². The molecule has 2 N–H and O–H groups in total. The second-order valence-corrected chi connectivity index (χ2v) is 10.4. The molecule has 0 radical (unpaired) electrons. The molecule has 1 aliphatic heterocycles. The largest absolute Gasteiger partial charge is 0.464 e. The Morgan fingerprint density at radius 2 is 1.87 bits per heavy atom. The zero-order valence-electron chi connectivity index (χ0n) is 22.6. The lowest BCUT2D eigenvalue weighted by atomic mass is 10.1. The average Bonchev–Trinajstić information content (AvgIpc) is 3.70. The molecule has 4 heterocycles. The van der Waals surface area contributed by atoms with Gasteiger partial charge in [-0.05, 0) is 48.0 Å². The summed E-state index contributed by atoms with van der Waals surface area (Å²) in [6.07, 6.45) is -4.37. The molecule has 1 atom stereocenters. The molecule has 0 bridgehead atoms. The van der Waals surface area contributed by atoms with Gasteiger partial charge in [0.15, 0.2) is 5.82 Å². The monoisotopic (exact) mass is 673 g/mol. The zero-order valence-corrected chi connectivity index (χ0v) is 24.1. The van der Waals surface area contributed by atoms with Crippen molar-refractivity contribution >= 4 is 46.7 Å². The standard InChI is InChI=1S/C25H18Cl2F5N9O4/c1-11-7-12(26)8-14(20(42)34-16-4-6-45-22(16)44)18(11)35-21(43)17-9-13(37-41(17)19-15(27)3-2-5-33-19)10-40-38-23(36-39-40)24(28,29)25(30,31)32/h2-3,5,7-9,16H,4,6,10H2,1H3,(H,34,42)(H,35,43)/t16-/m1/s1. The molecule has 0 saturated carbocycles. The highest BCUT2D eigenvalue weighted by atomic mass is 35.5. The van der Waals surface area contributed by atoms with Crippen molar-refractivity contribution in [2.75, 3.05) is 11.9 Å². The van der Waals surface area contributed by atoms with E-state index in [0.29, 0.717) is 10.4 Å². The minimum atomic E-state index is -5.96. The van der Waals surface area contributed by atoms with Gasteiger partial charge in [-0.15, -0.1) is 10.2 Å². The van der Waals surface area contributed by atoms with Crippen LogP contribution in [0.2, 0.25) is 10.0 Å². The van der Waals surface area contributed by atoms with Crippen LogP contribution in [-0.2, 0) is 22.0 Å². The van der Waals surface area contributed by atoms with Crippen LogP contribution >= 0.6 is 23.2 Å². The Morgan fingerprint density at radius 3 is 2.53 bits per heavy atom. The lowest BCUT2D eigenvalue weighted by Gasteiger charge is -2.16. The third-order valence-electron chi connectivity index (χ3n) is 6.35. The first-order valence-electron chi connectivity index (χ1n) is 12.7. The maximum Gasteiger partial charge on any atom is 0.461 e. The van der Waals surface area contributed by atoms with Crippen LogP contribution < -0.4 is 10.6 Å². The van der Waals surface area contributed by atoms with Crippen molar-refractivity contribution in [1.82, 2.24) is 40.3 Å². The van der Waals surface area contributed by atoms with E-state index in [0.717, 1.165) is 10.7 Å². The van der Waals surface area contributed by atoms with Crippen molar-refractivity contribution in [2.45, 2.75) is 38.0 Å². The van der Waals surface area contributed by atoms with E-state index in [1.54, 1.807) is 6.92 Å². The number of esters is 1. The van der Waals surface area contributed by atoms with Crippen LogP contribution in [0.3, 0.4) is 0 Å². The summed E-state index contributed by atoms with van der Waals surface area (Å²) in [5, 5.41) is 18.7. The maximum atomic E-state index is 13.7. The van der Waals surface area contributed by atoms with E-state index in [9.17, 15) is 36.3 Å². The summed E-state index contributed by atoms with van der Waals surface area (Å²) >= 11 is 12.4. The van der Waals surface area contributed by atoms with Crippen LogP contribution in [0.25, 0.3) is 5.82 Å². The summed E-state index contributed by atoms with van der Waals surface area (Å²) in [6.45, 7) is 1.09. The Bertz CT molecular complexity index is 1810. The molecule has 2 amide bonds. The molecular weight excluding hydrogens is 656 g/mol. The first-order valence-corrected chi connectivity index (χ1v) is 13.4. The van der Waals surface area contributed by atoms with Crippen LogP contribution in [0.5, 0.6) is 0 Å². The van der Waals surface area contributed by atoms with Crippen molar-refractivity contribution in [3.05, 3.63) is 74.9 Å². The molecule has 13 nitrogen and oxygen atoms in total. The van der Waals surface area contributed by atoms with Gasteiger partial charge in [0.2, 0.25) is 0 Å². The average molecular weight is 674 g/mol. The minimum Gasteiger partial charge on any atom is -0.464 e. The van der Waals surface area contributed by atoms with Crippen molar-refractivity contribution in [3.8, 4) is 5.82 Å². The fourth-order valence-corrected chi connectivity index (χ4v) is 4.67. The fraction of sp³-hybridized carbons (Fsp3) is 0.280. The van der Waals surface area contributed by atoms with Gasteiger partial charge in [0.1, 0.15) is 18.3 Å². The van der Waals surface area contributed by atoms with Gasteiger partial charge in [0.05, 0.1) is 28.6 Å². The second kappa shape index (κ2) is 12.0. The SMILES string of the molecule is Cc1cc(Cl)cc(C(=O)N[C@@H]2CCOC2=O)c1NC(=O)c1cc(Cn2nnc(C(F)(F)C(F)(F)F)n2)nn1-c1ncccc1Cl. The first kappa shape index (κ1) is 31.7. The van der Waals surface area contributed by atoms with Gasteiger partial charge in [-0.3, -0.25) is 9.59 Å². The molecule has 1 saturated heterocycles. The van der Waals surface area contributed by atoms with Gasteiger partial charge in [0, 0.05) is 17.6 Å². The Labute approximate surface area is 258 Å². The minimum absolute atomic E-state index is 0.0200. The number of nitrogens with zero attached hydrogens (tertiary/aromatic N) is 7. The van der Waals surface area contributed by atoms with Crippen LogP contribution in [0.1, 0.15) is 44.3 Å². The van der Waals surface area contributed by atoms with Crippen LogP contribution in [-0.4, -0.2) is 71.6 Å². The van der Waals surface area contributed by atoms with Crippen LogP contribution in [0.4, 0.5) is 27.6 Å². The lowest BCUT2D eigenvalue weighted by molar-refractivity contribution is -0.292. The Morgan fingerprint density at radius 1 is 1.11 bits per heavy atom. The van der Waals surface area contributed by atoms with Crippen LogP contribution in [0.15, 0.2) is 36.5 Å². The zero-order chi connectivity index (χ0) is 32.7. The Hall–Kier alpha value is -4.71. The van der Waals surface area contributed by atoms with Gasteiger partial charge in [0.25, 0.3) is 17.6 Å². The maximum absolute atomic E-state index is 13.7. The van der Waals surface area contributed by atoms with Gasteiger partial charge in [-0.25, -0.2) is 14.5 Å². The number of hydrogen-bond acceptors (Lipinski definition) is 9. The van der Waals surface area contributed by atoms with Gasteiger partial charge in [-0.2, -0.15) is 31.8 Å². The van der Waals surface area contributed by atoms with Gasteiger partial charge < -0.3 is 15.4 Å². The number of carbonyl (C=O) groups excluding carboxylic acids is 3. The lowest BCUT2D eigenvalue weighted by Crippen LogP contribution is -2.38. The Kier molecular flexibility index (Phi) is 8.45. The molecule has 3 aromatic heterocycles. The van der Waals surface area contributed by atoms with Crippen molar-refractivity contribution in [3.63, 3.8) is 0 Å². The molecule has 0 spiro atoms. The number of aromatic nitrogens is 7. The number of rotatable bonds is 8. The molecule has 5 rings (SSSR count). The number of pyridine rings is 1. The molecule has 0 aliphatic carbocycles. The molecule has 236 valence electrons. The number of anilines is 1. The van der Waals surface area contributed by atoms with E-state index in [2.05, 4.69) is 36.1 Å². The molecule has 45 heavy (non-hydrogen) atoms. The number of hydrogen-bond donors (Lipinski definition) is 2. The molecule has 4 aromatic rings. The van der Waals surface area contributed by atoms with Crippen molar-refractivity contribution < 1.29 is 41.1 Å². The number of tetrazole rings is 1. The number of alkyl halides is 5. The third-order valence-corrected chi connectivity index (χ3v) is 6.86. The number of ether oxygens (including phenoxy) is 1. The summed E-state index contributed by atoms with van der Waals surface area (Å²) in [5.74, 6) is -9.51. The summed E-state index contributed by atoms with van der Waals surface area (Å²) < 4.78 is 71.5. The van der Waals surface area contributed by atoms with E-state index in [-0.39, 0.29) is 51.5 Å². The van der Waals surface area contributed by atoms with E-state index in [1.165, 1.54) is 30.5 Å². The molecule has 1 aliphatic rings. The number of cyclic esters (lactones) is 1. The number of carbonyl (C=O) groups is 3. The molecule has 1 fully saturated rings. The summed E-state index contributed by atoms with van der Waals surface area (Å²) in [5.41, 5.74) is -0.0350. The van der Waals surface area contributed by atoms with E-state index < -0.39 is 48.3 Å². The quantitative estimate of drug-likeness (QED) is 0.209. The number of halogens is 7. The van der Waals surface area contributed by atoms with Gasteiger partial charge in [-0.1, -0.05) is 23.2 Å². The van der Waals surface area contributed by atoms with Crippen LogP contribution in [0, 0.1) is 6.92 Å². The third kappa shape index (κ3) is 6.41. The first-order chi connectivity index (χ1) is 21.2. The highest BCUT2D eigenvalue weighted by molar-refractivity contribution is 6.32. The second-order valence-electron chi connectivity index (χ2n) is 9.54. The summed E-state index contributed by atoms with van der Waals surface area (Å²) in [7, 11) is 0. The highest BCUT2D eigenvalue weighted by Gasteiger charge is 2.62. The fourth-order valence-electron chi connectivity index (χ4n) is 4.20. The van der Waals surface area contributed by atoms with Crippen molar-refractivity contribution in [2.24, 2.45) is 0 Å². The highest BCUT2D eigenvalue weighted by Crippen LogP contribution is 2.42. The predicted octanol–water partition coefficient (Wildman–Crippen LogP) is 3.87. The molecular formula is C25H18Cl2F5N9O4. The number of amides is 2. The number of aryl methyl sites for hydroxylation is 1. The topological polar surface area (TPSA) is 159 Å². The molecule has 0 unspecified atom stereocenters. The molecule has 1 aromatic carbocycles. The predicted molar refractivity (Wildman–Crippen MR) is 144 cm³/mol. The molecule has 20 heteroatoms. The summed E-state index contributed by atoms with van der Waals surface area (Å²) in [4.78, 5) is 43.3. The summed E-state index contributed by atoms with van der Waals surface area (Å²) in [6, 6.07) is 5.95. The smallest absolute Gasteiger partial charge is 0.461 e. The van der Waals surface area contributed by atoms with E-state index >= 15 is 0 Å². The van der Waals surface area contributed by atoms with E-state index in [1.807, 2.05) is 0 Å².